The number of hydrogen-bond donors (Lipinski definition) is 2. The molecule has 0 amide bonds. The molecule has 0 saturated carbocycles. The molecule has 0 aliphatic rings. The van der Waals surface area contributed by atoms with E-state index in [-0.39, 0.29) is 20.1 Å². The van der Waals surface area contributed by atoms with Gasteiger partial charge in [0.15, 0.2) is 0 Å². The Bertz CT molecular complexity index is 789. The van der Waals surface area contributed by atoms with Crippen LogP contribution in [-0.2, 0) is 23.5 Å². The number of rotatable bonds is 4. The molecule has 1 aromatic heterocycles. The number of nitrogens with two attached hydrogens (primary N) is 1. The molecule has 1 heterocycles. The number of nitrogens with zero attached hydrogens (tertiary/aromatic N) is 2. The Balaban J connectivity index is 2.48. The number of anilines is 2. The van der Waals surface area contributed by atoms with Crippen molar-refractivity contribution in [1.29, 1.82) is 0 Å². The molecule has 0 radical (unpaired) electrons. The van der Waals surface area contributed by atoms with Crippen molar-refractivity contribution in [3.8, 4) is 0 Å². The van der Waals surface area contributed by atoms with Gasteiger partial charge in [-0.25, -0.2) is 8.42 Å². The third-order valence-corrected chi connectivity index (χ3v) is 5.56. The van der Waals surface area contributed by atoms with E-state index in [9.17, 15) is 8.42 Å². The fourth-order valence-electron chi connectivity index (χ4n) is 1.86. The average Bonchev–Trinajstić information content (AvgIpc) is 2.72. The van der Waals surface area contributed by atoms with E-state index in [1.807, 2.05) is 6.92 Å². The van der Waals surface area contributed by atoms with Crippen LogP contribution in [0.1, 0.15) is 12.6 Å². The molecule has 0 aliphatic carbocycles. The van der Waals surface area contributed by atoms with Crippen molar-refractivity contribution >= 4 is 48.9 Å². The Morgan fingerprint density at radius 2 is 2.14 bits per heavy atom. The van der Waals surface area contributed by atoms with Gasteiger partial charge in [-0.15, -0.1) is 0 Å². The van der Waals surface area contributed by atoms with Crippen molar-refractivity contribution in [1.82, 2.24) is 9.78 Å². The first kappa shape index (κ1) is 16.1. The summed E-state index contributed by atoms with van der Waals surface area (Å²) in [4.78, 5) is -0.0154. The largest absolute Gasteiger partial charge is 0.398 e. The van der Waals surface area contributed by atoms with Gasteiger partial charge in [0.25, 0.3) is 10.0 Å². The summed E-state index contributed by atoms with van der Waals surface area (Å²) in [6.45, 7) is 1.90. The lowest BCUT2D eigenvalue weighted by Gasteiger charge is -2.11. The second-order valence-corrected chi connectivity index (χ2v) is 7.31. The van der Waals surface area contributed by atoms with E-state index >= 15 is 0 Å². The number of sulfonamides is 1. The van der Waals surface area contributed by atoms with Gasteiger partial charge < -0.3 is 5.73 Å². The van der Waals surface area contributed by atoms with Crippen LogP contribution < -0.4 is 10.5 Å². The Kier molecular flexibility index (Phi) is 4.50. The van der Waals surface area contributed by atoms with Crippen LogP contribution in [0.2, 0.25) is 5.02 Å². The van der Waals surface area contributed by atoms with Crippen molar-refractivity contribution in [2.24, 2.45) is 7.05 Å². The summed E-state index contributed by atoms with van der Waals surface area (Å²) in [7, 11) is -2.10. The van der Waals surface area contributed by atoms with E-state index in [2.05, 4.69) is 25.8 Å². The summed E-state index contributed by atoms with van der Waals surface area (Å²) in [6.07, 6.45) is 2.22. The topological polar surface area (TPSA) is 90.0 Å². The van der Waals surface area contributed by atoms with Gasteiger partial charge in [0.2, 0.25) is 0 Å². The number of aryl methyl sites for hydroxylation is 2. The van der Waals surface area contributed by atoms with Crippen molar-refractivity contribution in [2.75, 3.05) is 10.5 Å². The SMILES string of the molecule is CCc1nn(C)cc1NS(=O)(=O)c1cc(Cl)cc(N)c1Br. The third kappa shape index (κ3) is 3.33. The van der Waals surface area contributed by atoms with Crippen molar-refractivity contribution in [3.63, 3.8) is 0 Å². The number of benzene rings is 1. The maximum Gasteiger partial charge on any atom is 0.263 e. The van der Waals surface area contributed by atoms with Crippen LogP contribution in [0.15, 0.2) is 27.7 Å². The summed E-state index contributed by atoms with van der Waals surface area (Å²) < 4.78 is 29.4. The Labute approximate surface area is 136 Å². The normalized spacial score (nSPS) is 11.6. The first-order valence-corrected chi connectivity index (χ1v) is 8.70. The highest BCUT2D eigenvalue weighted by molar-refractivity contribution is 9.10. The summed E-state index contributed by atoms with van der Waals surface area (Å²) >= 11 is 9.06. The number of nitrogen functional groups attached to an aromatic ring is 1. The van der Waals surface area contributed by atoms with Crippen LogP contribution in [-0.4, -0.2) is 18.2 Å². The van der Waals surface area contributed by atoms with Crippen molar-refractivity contribution < 1.29 is 8.42 Å². The molecule has 0 bridgehead atoms. The highest BCUT2D eigenvalue weighted by Crippen LogP contribution is 2.32. The lowest BCUT2D eigenvalue weighted by molar-refractivity contribution is 0.600. The quantitative estimate of drug-likeness (QED) is 0.782. The second-order valence-electron chi connectivity index (χ2n) is 4.43. The van der Waals surface area contributed by atoms with Crippen LogP contribution >= 0.6 is 27.5 Å². The molecule has 21 heavy (non-hydrogen) atoms. The molecule has 9 heteroatoms. The summed E-state index contributed by atoms with van der Waals surface area (Å²) in [5.41, 5.74) is 7.08. The van der Waals surface area contributed by atoms with E-state index in [4.69, 9.17) is 17.3 Å². The smallest absolute Gasteiger partial charge is 0.263 e. The molecule has 2 rings (SSSR count). The molecule has 0 saturated heterocycles. The summed E-state index contributed by atoms with van der Waals surface area (Å²) in [5, 5.41) is 4.44. The van der Waals surface area contributed by atoms with Crippen molar-refractivity contribution in [3.05, 3.63) is 33.5 Å². The van der Waals surface area contributed by atoms with Crippen molar-refractivity contribution in [2.45, 2.75) is 18.2 Å². The molecule has 0 atom stereocenters. The van der Waals surface area contributed by atoms with Crippen LogP contribution in [0.4, 0.5) is 11.4 Å². The minimum Gasteiger partial charge on any atom is -0.398 e. The van der Waals surface area contributed by atoms with Crippen LogP contribution in [0.5, 0.6) is 0 Å². The first-order chi connectivity index (χ1) is 9.74. The van der Waals surface area contributed by atoms with Gasteiger partial charge in [-0.1, -0.05) is 18.5 Å². The average molecular weight is 394 g/mol. The Morgan fingerprint density at radius 3 is 2.76 bits per heavy atom. The molecular weight excluding hydrogens is 380 g/mol. The second kappa shape index (κ2) is 5.86. The molecule has 6 nitrogen and oxygen atoms in total. The molecule has 0 spiro atoms. The third-order valence-electron chi connectivity index (χ3n) is 2.81. The standard InChI is InChI=1S/C12H14BrClN4O2S/c1-3-9-10(6-18(2)16-9)17-21(19,20)11-5-7(14)4-8(15)12(11)13/h4-6,17H,3,15H2,1-2H3. The molecule has 1 aromatic carbocycles. The van der Waals surface area contributed by atoms with Gasteiger partial charge in [-0.05, 0) is 34.5 Å². The number of nitrogens with one attached hydrogen (secondary N) is 1. The van der Waals surface area contributed by atoms with Crippen LogP contribution in [0, 0.1) is 0 Å². The zero-order chi connectivity index (χ0) is 15.8. The van der Waals surface area contributed by atoms with Gasteiger partial charge in [-0.2, -0.15) is 5.10 Å². The van der Waals surface area contributed by atoms with E-state index in [0.29, 0.717) is 17.8 Å². The zero-order valence-corrected chi connectivity index (χ0v) is 14.6. The maximum absolute atomic E-state index is 12.5. The van der Waals surface area contributed by atoms with Gasteiger partial charge >= 0.3 is 0 Å². The molecule has 0 aliphatic heterocycles. The molecular formula is C12H14BrClN4O2S. The fraction of sp³-hybridized carbons (Fsp3) is 0.250. The van der Waals surface area contributed by atoms with Gasteiger partial charge in [-0.3, -0.25) is 9.40 Å². The van der Waals surface area contributed by atoms with E-state index in [1.54, 1.807) is 17.9 Å². The zero-order valence-electron chi connectivity index (χ0n) is 11.4. The van der Waals surface area contributed by atoms with Gasteiger partial charge in [0, 0.05) is 24.0 Å². The van der Waals surface area contributed by atoms with Gasteiger partial charge in [0.05, 0.1) is 15.9 Å². The number of hydrogen-bond acceptors (Lipinski definition) is 4. The van der Waals surface area contributed by atoms with E-state index in [1.165, 1.54) is 12.1 Å². The van der Waals surface area contributed by atoms with E-state index < -0.39 is 10.0 Å². The fourth-order valence-corrected chi connectivity index (χ4v) is 4.23. The van der Waals surface area contributed by atoms with Crippen LogP contribution in [0.3, 0.4) is 0 Å². The molecule has 0 fully saturated rings. The highest BCUT2D eigenvalue weighted by atomic mass is 79.9. The minimum atomic E-state index is -3.82. The predicted octanol–water partition coefficient (Wildman–Crippen LogP) is 2.78. The van der Waals surface area contributed by atoms with E-state index in [0.717, 1.165) is 0 Å². The summed E-state index contributed by atoms with van der Waals surface area (Å²) in [5.74, 6) is 0. The molecule has 3 N–H and O–H groups in total. The maximum atomic E-state index is 12.5. The molecule has 0 unspecified atom stereocenters. The predicted molar refractivity (Wildman–Crippen MR) is 87.0 cm³/mol. The van der Waals surface area contributed by atoms with Crippen LogP contribution in [0.25, 0.3) is 0 Å². The summed E-state index contributed by atoms with van der Waals surface area (Å²) in [6, 6.07) is 2.82. The number of halogens is 2. The number of aromatic nitrogens is 2. The monoisotopic (exact) mass is 392 g/mol. The minimum absolute atomic E-state index is 0.0154. The first-order valence-electron chi connectivity index (χ1n) is 6.04. The molecule has 2 aromatic rings. The molecule has 114 valence electrons. The lowest BCUT2D eigenvalue weighted by atomic mass is 10.3. The highest BCUT2D eigenvalue weighted by Gasteiger charge is 2.22. The Morgan fingerprint density at radius 1 is 1.48 bits per heavy atom. The lowest BCUT2D eigenvalue weighted by Crippen LogP contribution is -2.15. The van der Waals surface area contributed by atoms with Gasteiger partial charge in [0.1, 0.15) is 4.90 Å². The Hall–Kier alpha value is -1.25.